The number of amides is 1. The summed E-state index contributed by atoms with van der Waals surface area (Å²) in [7, 11) is 0. The number of hydrogen-bond donors (Lipinski definition) is 2. The molecule has 0 aliphatic rings. The van der Waals surface area contributed by atoms with Crippen LogP contribution in [0.3, 0.4) is 0 Å². The van der Waals surface area contributed by atoms with Gasteiger partial charge in [-0.3, -0.25) is 4.79 Å². The van der Waals surface area contributed by atoms with Crippen molar-refractivity contribution in [3.63, 3.8) is 0 Å². The molecule has 0 spiro atoms. The molecule has 0 saturated carbocycles. The van der Waals surface area contributed by atoms with Gasteiger partial charge in [0.25, 0.3) is 5.91 Å². The van der Waals surface area contributed by atoms with Crippen LogP contribution in [-0.2, 0) is 0 Å². The molecule has 0 aliphatic heterocycles. The molecule has 18 heavy (non-hydrogen) atoms. The zero-order chi connectivity index (χ0) is 13.1. The van der Waals surface area contributed by atoms with Gasteiger partial charge in [0.1, 0.15) is 0 Å². The van der Waals surface area contributed by atoms with Crippen molar-refractivity contribution in [2.75, 3.05) is 11.1 Å². The van der Waals surface area contributed by atoms with Crippen LogP contribution < -0.4 is 11.1 Å². The summed E-state index contributed by atoms with van der Waals surface area (Å²) < 4.78 is 0. The second-order valence-corrected chi connectivity index (χ2v) is 4.12. The van der Waals surface area contributed by atoms with E-state index in [1.807, 2.05) is 13.0 Å². The van der Waals surface area contributed by atoms with Gasteiger partial charge in [-0.15, -0.1) is 10.2 Å². The van der Waals surface area contributed by atoms with Crippen molar-refractivity contribution >= 4 is 29.0 Å². The zero-order valence-corrected chi connectivity index (χ0v) is 10.4. The van der Waals surface area contributed by atoms with Crippen LogP contribution in [0.2, 0.25) is 5.15 Å². The molecule has 1 aromatic heterocycles. The largest absolute Gasteiger partial charge is 0.398 e. The van der Waals surface area contributed by atoms with Crippen LogP contribution in [0.25, 0.3) is 0 Å². The van der Waals surface area contributed by atoms with E-state index < -0.39 is 0 Å². The van der Waals surface area contributed by atoms with E-state index in [0.29, 0.717) is 17.1 Å². The standard InChI is InChI=1S/C12H11ClN4O/c1-7-3-2-4-8(14)11(7)12(18)15-10-6-5-9(13)16-17-10/h2-6H,14H2,1H3,(H,15,17,18). The number of hydrogen-bond acceptors (Lipinski definition) is 4. The monoisotopic (exact) mass is 262 g/mol. The van der Waals surface area contributed by atoms with Crippen LogP contribution in [0, 0.1) is 6.92 Å². The highest BCUT2D eigenvalue weighted by atomic mass is 35.5. The first-order valence-corrected chi connectivity index (χ1v) is 5.61. The Labute approximate surface area is 109 Å². The zero-order valence-electron chi connectivity index (χ0n) is 9.64. The number of anilines is 2. The van der Waals surface area contributed by atoms with Gasteiger partial charge in [0, 0.05) is 5.69 Å². The predicted octanol–water partition coefficient (Wildman–Crippen LogP) is 2.27. The van der Waals surface area contributed by atoms with Gasteiger partial charge in [-0.05, 0) is 30.7 Å². The number of benzene rings is 1. The van der Waals surface area contributed by atoms with E-state index in [2.05, 4.69) is 15.5 Å². The summed E-state index contributed by atoms with van der Waals surface area (Å²) >= 11 is 5.61. The molecular formula is C12H11ClN4O. The van der Waals surface area contributed by atoms with Gasteiger partial charge in [0.15, 0.2) is 11.0 Å². The van der Waals surface area contributed by atoms with Crippen molar-refractivity contribution in [2.24, 2.45) is 0 Å². The van der Waals surface area contributed by atoms with Crippen LogP contribution >= 0.6 is 11.6 Å². The van der Waals surface area contributed by atoms with E-state index in [4.69, 9.17) is 17.3 Å². The van der Waals surface area contributed by atoms with Gasteiger partial charge in [0.05, 0.1) is 5.56 Å². The van der Waals surface area contributed by atoms with E-state index in [1.54, 1.807) is 24.3 Å². The van der Waals surface area contributed by atoms with Crippen LogP contribution in [0.1, 0.15) is 15.9 Å². The first-order chi connectivity index (χ1) is 8.58. The van der Waals surface area contributed by atoms with Gasteiger partial charge >= 0.3 is 0 Å². The lowest BCUT2D eigenvalue weighted by Crippen LogP contribution is -2.16. The Kier molecular flexibility index (Phi) is 3.43. The topological polar surface area (TPSA) is 80.9 Å². The van der Waals surface area contributed by atoms with Gasteiger partial charge in [-0.1, -0.05) is 23.7 Å². The van der Waals surface area contributed by atoms with E-state index in [1.165, 1.54) is 0 Å². The minimum absolute atomic E-state index is 0.267. The molecule has 3 N–H and O–H groups in total. The Hall–Kier alpha value is -2.14. The summed E-state index contributed by atoms with van der Waals surface area (Å²) in [6, 6.07) is 8.41. The van der Waals surface area contributed by atoms with Crippen molar-refractivity contribution in [3.05, 3.63) is 46.6 Å². The molecule has 0 saturated heterocycles. The summed E-state index contributed by atoms with van der Waals surface area (Å²) in [5.41, 5.74) is 7.45. The second kappa shape index (κ2) is 5.01. The molecule has 0 atom stereocenters. The fourth-order valence-electron chi connectivity index (χ4n) is 1.56. The molecule has 2 aromatic rings. The Morgan fingerprint density at radius 2 is 2.06 bits per heavy atom. The fraction of sp³-hybridized carbons (Fsp3) is 0.0833. The summed E-state index contributed by atoms with van der Waals surface area (Å²) in [6.07, 6.45) is 0. The molecule has 92 valence electrons. The van der Waals surface area contributed by atoms with Crippen LogP contribution in [0.4, 0.5) is 11.5 Å². The molecular weight excluding hydrogens is 252 g/mol. The third-order valence-electron chi connectivity index (χ3n) is 2.41. The molecule has 1 amide bonds. The molecule has 6 heteroatoms. The van der Waals surface area contributed by atoms with E-state index >= 15 is 0 Å². The summed E-state index contributed by atoms with van der Waals surface area (Å²) in [4.78, 5) is 12.0. The van der Waals surface area contributed by atoms with Crippen LogP contribution in [0.5, 0.6) is 0 Å². The number of halogens is 1. The normalized spacial score (nSPS) is 10.1. The molecule has 1 heterocycles. The number of nitrogens with one attached hydrogen (secondary N) is 1. The van der Waals surface area contributed by atoms with E-state index in [9.17, 15) is 4.79 Å². The van der Waals surface area contributed by atoms with Crippen molar-refractivity contribution in [1.29, 1.82) is 0 Å². The number of nitrogens with zero attached hydrogens (tertiary/aromatic N) is 2. The molecule has 2 rings (SSSR count). The fourth-order valence-corrected chi connectivity index (χ4v) is 1.66. The molecule has 0 unspecified atom stereocenters. The minimum atomic E-state index is -0.317. The van der Waals surface area contributed by atoms with Crippen LogP contribution in [-0.4, -0.2) is 16.1 Å². The average molecular weight is 263 g/mol. The molecule has 0 fully saturated rings. The highest BCUT2D eigenvalue weighted by Crippen LogP contribution is 2.17. The molecule has 0 aliphatic carbocycles. The van der Waals surface area contributed by atoms with Crippen LogP contribution in [0.15, 0.2) is 30.3 Å². The number of nitrogens with two attached hydrogens (primary N) is 1. The summed E-state index contributed by atoms with van der Waals surface area (Å²) in [5.74, 6) is 0.00859. The number of aromatic nitrogens is 2. The quantitative estimate of drug-likeness (QED) is 0.814. The molecule has 5 nitrogen and oxygen atoms in total. The number of carbonyl (C=O) groups is 1. The maximum absolute atomic E-state index is 12.0. The lowest BCUT2D eigenvalue weighted by molar-refractivity contribution is 0.102. The first-order valence-electron chi connectivity index (χ1n) is 5.23. The molecule has 0 radical (unpaired) electrons. The van der Waals surface area contributed by atoms with Crippen molar-refractivity contribution < 1.29 is 4.79 Å². The van der Waals surface area contributed by atoms with Crippen molar-refractivity contribution in [3.8, 4) is 0 Å². The van der Waals surface area contributed by atoms with Crippen molar-refractivity contribution in [1.82, 2.24) is 10.2 Å². The molecule has 0 bridgehead atoms. The Balaban J connectivity index is 2.25. The second-order valence-electron chi connectivity index (χ2n) is 3.73. The maximum Gasteiger partial charge on any atom is 0.259 e. The van der Waals surface area contributed by atoms with Gasteiger partial charge < -0.3 is 11.1 Å². The number of nitrogen functional groups attached to an aromatic ring is 1. The predicted molar refractivity (Wildman–Crippen MR) is 70.6 cm³/mol. The Morgan fingerprint density at radius 1 is 1.28 bits per heavy atom. The average Bonchev–Trinajstić information content (AvgIpc) is 2.32. The SMILES string of the molecule is Cc1cccc(N)c1C(=O)Nc1ccc(Cl)nn1. The first kappa shape index (κ1) is 12.3. The minimum Gasteiger partial charge on any atom is -0.398 e. The van der Waals surface area contributed by atoms with Gasteiger partial charge in [-0.25, -0.2) is 0 Å². The van der Waals surface area contributed by atoms with E-state index in [0.717, 1.165) is 5.56 Å². The Morgan fingerprint density at radius 3 is 2.67 bits per heavy atom. The number of rotatable bonds is 2. The lowest BCUT2D eigenvalue weighted by atomic mass is 10.1. The van der Waals surface area contributed by atoms with Gasteiger partial charge in [0.2, 0.25) is 0 Å². The number of carbonyl (C=O) groups excluding carboxylic acids is 1. The lowest BCUT2D eigenvalue weighted by Gasteiger charge is -2.09. The third-order valence-corrected chi connectivity index (χ3v) is 2.61. The smallest absolute Gasteiger partial charge is 0.259 e. The third kappa shape index (κ3) is 2.57. The Bertz CT molecular complexity index is 563. The van der Waals surface area contributed by atoms with E-state index in [-0.39, 0.29) is 11.1 Å². The summed E-state index contributed by atoms with van der Waals surface area (Å²) in [5, 5.41) is 10.3. The highest BCUT2D eigenvalue weighted by molar-refractivity contribution is 6.29. The molecule has 1 aromatic carbocycles. The highest BCUT2D eigenvalue weighted by Gasteiger charge is 2.13. The summed E-state index contributed by atoms with van der Waals surface area (Å²) in [6.45, 7) is 1.82. The van der Waals surface area contributed by atoms with Crippen molar-refractivity contribution in [2.45, 2.75) is 6.92 Å². The maximum atomic E-state index is 12.0. The van der Waals surface area contributed by atoms with Gasteiger partial charge in [-0.2, -0.15) is 0 Å². The number of aryl methyl sites for hydroxylation is 1.